The first kappa shape index (κ1) is 11.1. The summed E-state index contributed by atoms with van der Waals surface area (Å²) in [5.74, 6) is -0.162. The molecule has 1 aromatic carbocycles. The van der Waals surface area contributed by atoms with Crippen LogP contribution in [0.4, 0.5) is 4.39 Å². The maximum Gasteiger partial charge on any atom is 0.222 e. The predicted molar refractivity (Wildman–Crippen MR) is 58.9 cm³/mol. The van der Waals surface area contributed by atoms with Crippen molar-refractivity contribution >= 4 is 5.91 Å². The maximum atomic E-state index is 13.6. The number of carbonyl (C=O) groups is 1. The van der Waals surface area contributed by atoms with E-state index in [-0.39, 0.29) is 11.7 Å². The predicted octanol–water partition coefficient (Wildman–Crippen LogP) is 1.41. The highest BCUT2D eigenvalue weighted by molar-refractivity contribution is 5.78. The van der Waals surface area contributed by atoms with Crippen molar-refractivity contribution in [1.29, 1.82) is 0 Å². The van der Waals surface area contributed by atoms with E-state index in [0.717, 1.165) is 18.5 Å². The van der Waals surface area contributed by atoms with Gasteiger partial charge >= 0.3 is 0 Å². The van der Waals surface area contributed by atoms with Crippen molar-refractivity contribution in [3.63, 3.8) is 0 Å². The molecule has 0 bridgehead atoms. The highest BCUT2D eigenvalue weighted by atomic mass is 19.1. The fraction of sp³-hybridized carbons (Fsp3) is 0.417. The molecule has 1 aliphatic heterocycles. The number of hydrogen-bond donors (Lipinski definition) is 1. The smallest absolute Gasteiger partial charge is 0.222 e. The SMILES string of the molecule is NCc1ccc(CN2CCCC2=O)c(F)c1. The summed E-state index contributed by atoms with van der Waals surface area (Å²) in [6.45, 7) is 1.44. The second kappa shape index (κ2) is 4.61. The van der Waals surface area contributed by atoms with Gasteiger partial charge in [0.05, 0.1) is 0 Å². The molecule has 4 heteroatoms. The first-order valence-electron chi connectivity index (χ1n) is 5.46. The van der Waals surface area contributed by atoms with Gasteiger partial charge in [-0.25, -0.2) is 4.39 Å². The van der Waals surface area contributed by atoms with E-state index in [1.54, 1.807) is 17.0 Å². The van der Waals surface area contributed by atoms with Gasteiger partial charge in [0.15, 0.2) is 0 Å². The Bertz CT molecular complexity index is 406. The van der Waals surface area contributed by atoms with Crippen molar-refractivity contribution in [3.05, 3.63) is 35.1 Å². The number of hydrogen-bond acceptors (Lipinski definition) is 2. The van der Waals surface area contributed by atoms with Crippen LogP contribution in [0.1, 0.15) is 24.0 Å². The van der Waals surface area contributed by atoms with E-state index < -0.39 is 0 Å². The third-order valence-electron chi connectivity index (χ3n) is 2.89. The molecule has 1 amide bonds. The average molecular weight is 222 g/mol. The lowest BCUT2D eigenvalue weighted by molar-refractivity contribution is -0.128. The molecule has 2 N–H and O–H groups in total. The fourth-order valence-corrected chi connectivity index (χ4v) is 1.92. The Balaban J connectivity index is 2.12. The molecule has 16 heavy (non-hydrogen) atoms. The van der Waals surface area contributed by atoms with Gasteiger partial charge in [-0.15, -0.1) is 0 Å². The zero-order valence-electron chi connectivity index (χ0n) is 9.08. The first-order chi connectivity index (χ1) is 7.70. The lowest BCUT2D eigenvalue weighted by Gasteiger charge is -2.16. The molecule has 1 saturated heterocycles. The number of amides is 1. The zero-order chi connectivity index (χ0) is 11.5. The van der Waals surface area contributed by atoms with Crippen molar-refractivity contribution < 1.29 is 9.18 Å². The van der Waals surface area contributed by atoms with Crippen LogP contribution in [-0.2, 0) is 17.9 Å². The van der Waals surface area contributed by atoms with Crippen LogP contribution < -0.4 is 5.73 Å². The summed E-state index contributed by atoms with van der Waals surface area (Å²) in [7, 11) is 0. The van der Waals surface area contributed by atoms with Crippen LogP contribution in [0.25, 0.3) is 0 Å². The highest BCUT2D eigenvalue weighted by Gasteiger charge is 2.21. The van der Waals surface area contributed by atoms with Gasteiger partial charge in [0, 0.05) is 31.6 Å². The molecule has 3 nitrogen and oxygen atoms in total. The van der Waals surface area contributed by atoms with Crippen molar-refractivity contribution in [3.8, 4) is 0 Å². The third kappa shape index (κ3) is 2.22. The summed E-state index contributed by atoms with van der Waals surface area (Å²) in [5.41, 5.74) is 6.76. The number of halogens is 1. The normalized spacial score (nSPS) is 15.9. The molecule has 1 aliphatic rings. The zero-order valence-corrected chi connectivity index (χ0v) is 9.08. The quantitative estimate of drug-likeness (QED) is 0.840. The lowest BCUT2D eigenvalue weighted by Crippen LogP contribution is -2.24. The number of likely N-dealkylation sites (tertiary alicyclic amines) is 1. The molecule has 0 aliphatic carbocycles. The Morgan fingerprint density at radius 3 is 2.81 bits per heavy atom. The molecule has 1 heterocycles. The van der Waals surface area contributed by atoms with Crippen LogP contribution in [0.15, 0.2) is 18.2 Å². The average Bonchev–Trinajstić information content (AvgIpc) is 2.67. The van der Waals surface area contributed by atoms with E-state index in [0.29, 0.717) is 25.1 Å². The summed E-state index contributed by atoms with van der Waals surface area (Å²) >= 11 is 0. The molecule has 0 atom stereocenters. The minimum atomic E-state index is -0.275. The Kier molecular flexibility index (Phi) is 3.19. The number of nitrogens with two attached hydrogens (primary N) is 1. The second-order valence-corrected chi connectivity index (χ2v) is 4.05. The Morgan fingerprint density at radius 2 is 2.25 bits per heavy atom. The molecule has 2 rings (SSSR count). The summed E-state index contributed by atoms with van der Waals surface area (Å²) in [5, 5.41) is 0. The van der Waals surface area contributed by atoms with Crippen LogP contribution in [0.3, 0.4) is 0 Å². The van der Waals surface area contributed by atoms with E-state index in [2.05, 4.69) is 0 Å². The summed E-state index contributed by atoms with van der Waals surface area (Å²) in [6, 6.07) is 4.96. The van der Waals surface area contributed by atoms with Crippen LogP contribution in [0.2, 0.25) is 0 Å². The molecule has 0 spiro atoms. The molecule has 0 saturated carbocycles. The van der Waals surface area contributed by atoms with Crippen molar-refractivity contribution in [2.75, 3.05) is 6.54 Å². The van der Waals surface area contributed by atoms with Gasteiger partial charge in [0.2, 0.25) is 5.91 Å². The number of nitrogens with zero attached hydrogens (tertiary/aromatic N) is 1. The number of carbonyl (C=O) groups excluding carboxylic acids is 1. The fourth-order valence-electron chi connectivity index (χ4n) is 1.92. The van der Waals surface area contributed by atoms with Crippen LogP contribution >= 0.6 is 0 Å². The highest BCUT2D eigenvalue weighted by Crippen LogP contribution is 2.17. The van der Waals surface area contributed by atoms with E-state index in [4.69, 9.17) is 5.73 Å². The minimum absolute atomic E-state index is 0.113. The molecule has 0 radical (unpaired) electrons. The molecular formula is C12H15FN2O. The number of benzene rings is 1. The summed E-state index contributed by atoms with van der Waals surface area (Å²) in [6.07, 6.45) is 1.46. The van der Waals surface area contributed by atoms with Gasteiger partial charge in [0.25, 0.3) is 0 Å². The summed E-state index contributed by atoms with van der Waals surface area (Å²) < 4.78 is 13.6. The largest absolute Gasteiger partial charge is 0.338 e. The van der Waals surface area contributed by atoms with Gasteiger partial charge in [-0.05, 0) is 18.1 Å². The molecular weight excluding hydrogens is 207 g/mol. The molecule has 86 valence electrons. The maximum absolute atomic E-state index is 13.6. The van der Waals surface area contributed by atoms with E-state index >= 15 is 0 Å². The standard InChI is InChI=1S/C12H15FN2O/c13-11-6-9(7-14)3-4-10(11)8-15-5-1-2-12(15)16/h3-4,6H,1-2,5,7-8,14H2. The molecule has 1 fully saturated rings. The molecule has 0 unspecified atom stereocenters. The van der Waals surface area contributed by atoms with E-state index in [1.807, 2.05) is 0 Å². The van der Waals surface area contributed by atoms with Crippen LogP contribution in [0.5, 0.6) is 0 Å². The Morgan fingerprint density at radius 1 is 1.44 bits per heavy atom. The van der Waals surface area contributed by atoms with Crippen LogP contribution in [-0.4, -0.2) is 17.4 Å². The topological polar surface area (TPSA) is 46.3 Å². The van der Waals surface area contributed by atoms with Gasteiger partial charge < -0.3 is 10.6 Å². The van der Waals surface area contributed by atoms with E-state index in [9.17, 15) is 9.18 Å². The third-order valence-corrected chi connectivity index (χ3v) is 2.89. The summed E-state index contributed by atoms with van der Waals surface area (Å²) in [4.78, 5) is 13.1. The Hall–Kier alpha value is -1.42. The number of rotatable bonds is 3. The monoisotopic (exact) mass is 222 g/mol. The van der Waals surface area contributed by atoms with Gasteiger partial charge in [-0.2, -0.15) is 0 Å². The van der Waals surface area contributed by atoms with E-state index in [1.165, 1.54) is 6.07 Å². The van der Waals surface area contributed by atoms with Crippen molar-refractivity contribution in [1.82, 2.24) is 4.90 Å². The van der Waals surface area contributed by atoms with Gasteiger partial charge in [0.1, 0.15) is 5.82 Å². The first-order valence-corrected chi connectivity index (χ1v) is 5.46. The molecule has 1 aromatic rings. The van der Waals surface area contributed by atoms with Crippen molar-refractivity contribution in [2.24, 2.45) is 5.73 Å². The Labute approximate surface area is 94.0 Å². The van der Waals surface area contributed by atoms with Crippen molar-refractivity contribution in [2.45, 2.75) is 25.9 Å². The minimum Gasteiger partial charge on any atom is -0.338 e. The van der Waals surface area contributed by atoms with Crippen LogP contribution in [0, 0.1) is 5.82 Å². The lowest BCUT2D eigenvalue weighted by atomic mass is 10.1. The van der Waals surface area contributed by atoms with Gasteiger partial charge in [-0.3, -0.25) is 4.79 Å². The molecule has 0 aromatic heterocycles. The second-order valence-electron chi connectivity index (χ2n) is 4.05. The van der Waals surface area contributed by atoms with Gasteiger partial charge in [-0.1, -0.05) is 12.1 Å².